The molecule has 65 heavy (non-hydrogen) atoms. The van der Waals surface area contributed by atoms with E-state index in [1.165, 1.54) is 161 Å². The first-order valence-corrected chi connectivity index (χ1v) is 28.1. The molecule has 0 aromatic heterocycles. The van der Waals surface area contributed by atoms with Crippen LogP contribution in [0, 0.1) is 0 Å². The van der Waals surface area contributed by atoms with Crippen molar-refractivity contribution in [2.24, 2.45) is 0 Å². The highest BCUT2D eigenvalue weighted by atomic mass is 16.6. The average molecular weight is 911 g/mol. The summed E-state index contributed by atoms with van der Waals surface area (Å²) in [5.41, 5.74) is 0. The van der Waals surface area contributed by atoms with Gasteiger partial charge in [-0.1, -0.05) is 243 Å². The number of ether oxygens (including phenoxy) is 3. The SMILES string of the molecule is CCC/C=C\CCCCCCCC(=O)OCC(COC(=O)CCCCCCCCCC/C=C\C/C=C\C/C=C\CCCCCCC)OC(=O)CCCCCCCCCCCCCCCC. The van der Waals surface area contributed by atoms with E-state index in [4.69, 9.17) is 14.2 Å². The summed E-state index contributed by atoms with van der Waals surface area (Å²) in [6.07, 6.45) is 65.3. The van der Waals surface area contributed by atoms with Crippen LogP contribution >= 0.6 is 0 Å². The summed E-state index contributed by atoms with van der Waals surface area (Å²) in [6.45, 7) is 6.58. The molecule has 6 nitrogen and oxygen atoms in total. The van der Waals surface area contributed by atoms with Crippen LogP contribution in [0.2, 0.25) is 0 Å². The topological polar surface area (TPSA) is 78.9 Å². The molecule has 0 fully saturated rings. The minimum Gasteiger partial charge on any atom is -0.462 e. The quantitative estimate of drug-likeness (QED) is 0.0262. The molecule has 0 amide bonds. The minimum atomic E-state index is -0.776. The molecule has 0 N–H and O–H groups in total. The summed E-state index contributed by atoms with van der Waals surface area (Å²) in [6, 6.07) is 0. The van der Waals surface area contributed by atoms with Gasteiger partial charge in [0.2, 0.25) is 0 Å². The second-order valence-corrected chi connectivity index (χ2v) is 18.8. The Morgan fingerprint density at radius 3 is 0.938 bits per heavy atom. The van der Waals surface area contributed by atoms with E-state index in [0.29, 0.717) is 19.3 Å². The van der Waals surface area contributed by atoms with Crippen LogP contribution in [-0.2, 0) is 28.6 Å². The van der Waals surface area contributed by atoms with Crippen molar-refractivity contribution in [1.29, 1.82) is 0 Å². The van der Waals surface area contributed by atoms with Gasteiger partial charge >= 0.3 is 17.9 Å². The maximum Gasteiger partial charge on any atom is 0.306 e. The van der Waals surface area contributed by atoms with Crippen molar-refractivity contribution in [3.05, 3.63) is 48.6 Å². The number of carbonyl (C=O) groups excluding carboxylic acids is 3. The van der Waals surface area contributed by atoms with Crippen molar-refractivity contribution in [3.63, 3.8) is 0 Å². The van der Waals surface area contributed by atoms with Gasteiger partial charge in [-0.05, 0) is 77.0 Å². The Kier molecular flexibility index (Phi) is 51.8. The molecule has 0 saturated carbocycles. The van der Waals surface area contributed by atoms with Gasteiger partial charge in [0.1, 0.15) is 13.2 Å². The molecule has 6 heteroatoms. The van der Waals surface area contributed by atoms with Crippen LogP contribution in [0.15, 0.2) is 48.6 Å². The molecule has 1 atom stereocenters. The molecule has 378 valence electrons. The molecule has 0 rings (SSSR count). The molecule has 0 aliphatic rings. The highest BCUT2D eigenvalue weighted by Crippen LogP contribution is 2.16. The van der Waals surface area contributed by atoms with Crippen LogP contribution in [0.5, 0.6) is 0 Å². The van der Waals surface area contributed by atoms with Crippen molar-refractivity contribution in [2.75, 3.05) is 13.2 Å². The van der Waals surface area contributed by atoms with E-state index in [0.717, 1.165) is 89.9 Å². The highest BCUT2D eigenvalue weighted by molar-refractivity contribution is 5.71. The average Bonchev–Trinajstić information content (AvgIpc) is 3.30. The van der Waals surface area contributed by atoms with Gasteiger partial charge in [0.25, 0.3) is 0 Å². The lowest BCUT2D eigenvalue weighted by atomic mass is 10.0. The number of esters is 3. The van der Waals surface area contributed by atoms with E-state index in [9.17, 15) is 14.4 Å². The molecular weight excluding hydrogens is 805 g/mol. The number of rotatable bonds is 51. The fourth-order valence-corrected chi connectivity index (χ4v) is 8.04. The van der Waals surface area contributed by atoms with Gasteiger partial charge in [-0.3, -0.25) is 14.4 Å². The Morgan fingerprint density at radius 1 is 0.308 bits per heavy atom. The van der Waals surface area contributed by atoms with Crippen LogP contribution in [0.1, 0.15) is 290 Å². The highest BCUT2D eigenvalue weighted by Gasteiger charge is 2.19. The van der Waals surface area contributed by atoms with Gasteiger partial charge in [-0.25, -0.2) is 0 Å². The molecule has 0 heterocycles. The van der Waals surface area contributed by atoms with Gasteiger partial charge in [-0.15, -0.1) is 0 Å². The van der Waals surface area contributed by atoms with Crippen molar-refractivity contribution >= 4 is 17.9 Å². The Balaban J connectivity index is 4.26. The normalized spacial score (nSPS) is 12.4. The molecule has 0 saturated heterocycles. The lowest BCUT2D eigenvalue weighted by Gasteiger charge is -2.18. The first-order valence-electron chi connectivity index (χ1n) is 28.1. The minimum absolute atomic E-state index is 0.0772. The van der Waals surface area contributed by atoms with E-state index in [-0.39, 0.29) is 31.1 Å². The number of allylic oxidation sites excluding steroid dienone is 8. The Bertz CT molecular complexity index is 1140. The van der Waals surface area contributed by atoms with Crippen molar-refractivity contribution in [1.82, 2.24) is 0 Å². The lowest BCUT2D eigenvalue weighted by molar-refractivity contribution is -0.167. The Labute approximate surface area is 403 Å². The van der Waals surface area contributed by atoms with Crippen molar-refractivity contribution < 1.29 is 28.6 Å². The molecule has 0 bridgehead atoms. The number of carbonyl (C=O) groups is 3. The lowest BCUT2D eigenvalue weighted by Crippen LogP contribution is -2.30. The summed E-state index contributed by atoms with van der Waals surface area (Å²) in [5.74, 6) is -0.883. The van der Waals surface area contributed by atoms with Crippen LogP contribution in [0.4, 0.5) is 0 Å². The molecule has 1 unspecified atom stereocenters. The summed E-state index contributed by atoms with van der Waals surface area (Å²) < 4.78 is 16.8. The Hall–Kier alpha value is -2.63. The van der Waals surface area contributed by atoms with Gasteiger partial charge < -0.3 is 14.2 Å². The Morgan fingerprint density at radius 2 is 0.585 bits per heavy atom. The molecular formula is C59H106O6. The summed E-state index contributed by atoms with van der Waals surface area (Å²) in [4.78, 5) is 38.0. The largest absolute Gasteiger partial charge is 0.462 e. The third-order valence-corrected chi connectivity index (χ3v) is 12.3. The number of hydrogen-bond donors (Lipinski definition) is 0. The molecule has 0 aromatic carbocycles. The van der Waals surface area contributed by atoms with E-state index in [1.807, 2.05) is 0 Å². The third-order valence-electron chi connectivity index (χ3n) is 12.3. The zero-order chi connectivity index (χ0) is 47.2. The van der Waals surface area contributed by atoms with Gasteiger partial charge in [0.15, 0.2) is 6.10 Å². The number of hydrogen-bond acceptors (Lipinski definition) is 6. The monoisotopic (exact) mass is 911 g/mol. The summed E-state index contributed by atoms with van der Waals surface area (Å²) in [7, 11) is 0. The van der Waals surface area contributed by atoms with Crippen molar-refractivity contribution in [2.45, 2.75) is 297 Å². The zero-order valence-corrected chi connectivity index (χ0v) is 43.3. The number of unbranched alkanes of at least 4 members (excludes halogenated alkanes) is 32. The third kappa shape index (κ3) is 52.2. The maximum absolute atomic E-state index is 12.8. The van der Waals surface area contributed by atoms with Crippen LogP contribution in [0.25, 0.3) is 0 Å². The summed E-state index contributed by atoms with van der Waals surface area (Å²) in [5, 5.41) is 0. The predicted octanol–water partition coefficient (Wildman–Crippen LogP) is 18.7. The summed E-state index contributed by atoms with van der Waals surface area (Å²) >= 11 is 0. The predicted molar refractivity (Wildman–Crippen MR) is 279 cm³/mol. The first-order chi connectivity index (χ1) is 32.0. The fourth-order valence-electron chi connectivity index (χ4n) is 8.04. The van der Waals surface area contributed by atoms with Crippen LogP contribution in [-0.4, -0.2) is 37.2 Å². The molecule has 0 spiro atoms. The van der Waals surface area contributed by atoms with E-state index < -0.39 is 6.10 Å². The molecule has 0 aliphatic heterocycles. The second-order valence-electron chi connectivity index (χ2n) is 18.8. The zero-order valence-electron chi connectivity index (χ0n) is 43.3. The van der Waals surface area contributed by atoms with Crippen molar-refractivity contribution in [3.8, 4) is 0 Å². The first kappa shape index (κ1) is 62.4. The standard InChI is InChI=1S/C59H106O6/c1-4-7-10-13-16-19-22-24-26-27-28-29-30-31-32-33-34-36-37-40-43-46-49-52-58(61)64-55-56(54-63-57(60)51-48-45-42-39-21-18-15-12-9-6-3)65-59(62)53-50-47-44-41-38-35-25-23-20-17-14-11-8-5-2/h12,15,22,24,27-28,30-31,56H,4-11,13-14,16-21,23,25-26,29,32-55H2,1-3H3/b15-12-,24-22-,28-27-,31-30-. The maximum atomic E-state index is 12.8. The van der Waals surface area contributed by atoms with Crippen LogP contribution < -0.4 is 0 Å². The van der Waals surface area contributed by atoms with Gasteiger partial charge in [0.05, 0.1) is 0 Å². The fraction of sp³-hybridized carbons (Fsp3) is 0.814. The van der Waals surface area contributed by atoms with Crippen LogP contribution in [0.3, 0.4) is 0 Å². The van der Waals surface area contributed by atoms with E-state index >= 15 is 0 Å². The smallest absolute Gasteiger partial charge is 0.306 e. The molecule has 0 aromatic rings. The van der Waals surface area contributed by atoms with Gasteiger partial charge in [-0.2, -0.15) is 0 Å². The molecule has 0 aliphatic carbocycles. The van der Waals surface area contributed by atoms with Gasteiger partial charge in [0, 0.05) is 19.3 Å². The van der Waals surface area contributed by atoms with E-state index in [1.54, 1.807) is 0 Å². The molecule has 0 radical (unpaired) electrons. The second kappa shape index (κ2) is 54.0. The van der Waals surface area contributed by atoms with E-state index in [2.05, 4.69) is 69.4 Å².